The molecule has 0 radical (unpaired) electrons. The number of nitrogens with one attached hydrogen (secondary N) is 1. The molecule has 0 aromatic heterocycles. The van der Waals surface area contributed by atoms with Crippen LogP contribution in [0.25, 0.3) is 0 Å². The van der Waals surface area contributed by atoms with Gasteiger partial charge in [-0.1, -0.05) is 6.08 Å². The van der Waals surface area contributed by atoms with Crippen LogP contribution in [0.2, 0.25) is 0 Å². The lowest BCUT2D eigenvalue weighted by Crippen LogP contribution is -2.29. The van der Waals surface area contributed by atoms with Gasteiger partial charge < -0.3 is 5.32 Å². The van der Waals surface area contributed by atoms with E-state index in [4.69, 9.17) is 0 Å². The van der Waals surface area contributed by atoms with Crippen molar-refractivity contribution in [1.82, 2.24) is 9.62 Å². The Balaban J connectivity index is 3.13. The van der Waals surface area contributed by atoms with Crippen LogP contribution in [0, 0.1) is 11.6 Å². The number of halogens is 2. The van der Waals surface area contributed by atoms with E-state index in [2.05, 4.69) is 11.9 Å². The number of benzene rings is 1. The monoisotopic (exact) mass is 318 g/mol. The SMILES string of the molecule is C=CCCCN(C)S(=O)(=O)c1ccc(F)c(CNC)c1F. The molecule has 0 saturated heterocycles. The van der Waals surface area contributed by atoms with E-state index in [9.17, 15) is 17.2 Å². The van der Waals surface area contributed by atoms with Crippen molar-refractivity contribution in [2.75, 3.05) is 20.6 Å². The maximum atomic E-state index is 14.3. The Kier molecular flexibility index (Phi) is 6.44. The lowest BCUT2D eigenvalue weighted by molar-refractivity contribution is 0.453. The first-order valence-corrected chi connectivity index (χ1v) is 7.99. The van der Waals surface area contributed by atoms with Gasteiger partial charge in [-0.15, -0.1) is 6.58 Å². The van der Waals surface area contributed by atoms with Crippen LogP contribution < -0.4 is 5.32 Å². The highest BCUT2D eigenvalue weighted by atomic mass is 32.2. The lowest BCUT2D eigenvalue weighted by atomic mass is 10.2. The molecule has 0 spiro atoms. The zero-order valence-electron chi connectivity index (χ0n) is 12.2. The molecule has 0 fully saturated rings. The van der Waals surface area contributed by atoms with Gasteiger partial charge in [-0.3, -0.25) is 0 Å². The van der Waals surface area contributed by atoms with Crippen LogP contribution >= 0.6 is 0 Å². The van der Waals surface area contributed by atoms with Crippen molar-refractivity contribution >= 4 is 10.0 Å². The first kappa shape index (κ1) is 17.7. The minimum atomic E-state index is -3.98. The second kappa shape index (κ2) is 7.63. The summed E-state index contributed by atoms with van der Waals surface area (Å²) in [6.07, 6.45) is 2.94. The lowest BCUT2D eigenvalue weighted by Gasteiger charge is -2.18. The van der Waals surface area contributed by atoms with Gasteiger partial charge in [0.15, 0.2) is 5.82 Å². The van der Waals surface area contributed by atoms with E-state index in [0.29, 0.717) is 12.8 Å². The molecule has 0 aliphatic heterocycles. The van der Waals surface area contributed by atoms with Crippen LogP contribution in [0.4, 0.5) is 8.78 Å². The van der Waals surface area contributed by atoms with Crippen LogP contribution in [0.15, 0.2) is 29.7 Å². The standard InChI is InChI=1S/C14H20F2N2O2S/c1-4-5-6-9-18(3)21(19,20)13-8-7-12(15)11(10-17-2)14(13)16/h4,7-8,17H,1,5-6,9-10H2,2-3H3. The van der Waals surface area contributed by atoms with Crippen molar-refractivity contribution in [3.8, 4) is 0 Å². The molecule has 0 bridgehead atoms. The highest BCUT2D eigenvalue weighted by Gasteiger charge is 2.26. The molecule has 0 saturated carbocycles. The summed E-state index contributed by atoms with van der Waals surface area (Å²) in [4.78, 5) is -0.504. The quantitative estimate of drug-likeness (QED) is 0.591. The fraction of sp³-hybridized carbons (Fsp3) is 0.429. The highest BCUT2D eigenvalue weighted by molar-refractivity contribution is 7.89. The Bertz CT molecular complexity index is 603. The van der Waals surface area contributed by atoms with Crippen LogP contribution in [0.3, 0.4) is 0 Å². The summed E-state index contributed by atoms with van der Waals surface area (Å²) in [5.74, 6) is -1.81. The largest absolute Gasteiger partial charge is 0.315 e. The van der Waals surface area contributed by atoms with Crippen molar-refractivity contribution in [2.45, 2.75) is 24.3 Å². The van der Waals surface area contributed by atoms with E-state index in [1.54, 1.807) is 6.08 Å². The average Bonchev–Trinajstić information content (AvgIpc) is 2.43. The average molecular weight is 318 g/mol. The van der Waals surface area contributed by atoms with Gasteiger partial charge in [0.25, 0.3) is 0 Å². The second-order valence-corrected chi connectivity index (χ2v) is 6.64. The van der Waals surface area contributed by atoms with E-state index in [1.807, 2.05) is 0 Å². The van der Waals surface area contributed by atoms with Crippen molar-refractivity contribution in [2.24, 2.45) is 0 Å². The molecule has 1 aromatic rings. The number of hydrogen-bond acceptors (Lipinski definition) is 3. The molecule has 0 aliphatic rings. The van der Waals surface area contributed by atoms with Crippen molar-refractivity contribution in [3.05, 3.63) is 42.0 Å². The summed E-state index contributed by atoms with van der Waals surface area (Å²) in [7, 11) is -1.07. The number of rotatable bonds is 8. The Labute approximate surface area is 124 Å². The van der Waals surface area contributed by atoms with E-state index >= 15 is 0 Å². The third-order valence-electron chi connectivity index (χ3n) is 3.07. The molecular formula is C14H20F2N2O2S. The van der Waals surface area contributed by atoms with Gasteiger partial charge in [-0.2, -0.15) is 0 Å². The molecule has 0 unspecified atom stereocenters. The van der Waals surface area contributed by atoms with Gasteiger partial charge in [0.05, 0.1) is 0 Å². The Morgan fingerprint density at radius 1 is 1.38 bits per heavy atom. The summed E-state index contributed by atoms with van der Waals surface area (Å²) in [5.41, 5.74) is -0.280. The summed E-state index contributed by atoms with van der Waals surface area (Å²) in [5, 5.41) is 2.62. The number of unbranched alkanes of at least 4 members (excludes halogenated alkanes) is 1. The first-order valence-electron chi connectivity index (χ1n) is 6.55. The topological polar surface area (TPSA) is 49.4 Å². The number of nitrogens with zero attached hydrogens (tertiary/aromatic N) is 1. The number of sulfonamides is 1. The van der Waals surface area contributed by atoms with Gasteiger partial charge in [-0.25, -0.2) is 21.5 Å². The van der Waals surface area contributed by atoms with Crippen molar-refractivity contribution in [3.63, 3.8) is 0 Å². The molecule has 0 heterocycles. The summed E-state index contributed by atoms with van der Waals surface area (Å²) < 4.78 is 53.5. The van der Waals surface area contributed by atoms with E-state index < -0.39 is 26.6 Å². The van der Waals surface area contributed by atoms with Gasteiger partial charge in [0, 0.05) is 25.7 Å². The van der Waals surface area contributed by atoms with E-state index in [1.165, 1.54) is 14.1 Å². The van der Waals surface area contributed by atoms with Gasteiger partial charge in [0.2, 0.25) is 10.0 Å². The smallest absolute Gasteiger partial charge is 0.245 e. The van der Waals surface area contributed by atoms with Crippen LogP contribution in [-0.2, 0) is 16.6 Å². The maximum absolute atomic E-state index is 14.3. The van der Waals surface area contributed by atoms with Crippen LogP contribution in [-0.4, -0.2) is 33.4 Å². The van der Waals surface area contributed by atoms with Gasteiger partial charge in [0.1, 0.15) is 10.7 Å². The molecule has 21 heavy (non-hydrogen) atoms. The van der Waals surface area contributed by atoms with E-state index in [0.717, 1.165) is 16.4 Å². The molecule has 0 amide bonds. The Morgan fingerprint density at radius 2 is 2.05 bits per heavy atom. The molecule has 118 valence electrons. The molecule has 1 rings (SSSR count). The molecule has 0 aliphatic carbocycles. The minimum absolute atomic E-state index is 0.0821. The van der Waals surface area contributed by atoms with Crippen molar-refractivity contribution < 1.29 is 17.2 Å². The fourth-order valence-electron chi connectivity index (χ4n) is 1.86. The normalized spacial score (nSPS) is 11.9. The van der Waals surface area contributed by atoms with Gasteiger partial charge in [-0.05, 0) is 32.0 Å². The predicted octanol–water partition coefficient (Wildman–Crippen LogP) is 2.27. The van der Waals surface area contributed by atoms with Crippen LogP contribution in [0.1, 0.15) is 18.4 Å². The third-order valence-corrected chi connectivity index (χ3v) is 4.95. The fourth-order valence-corrected chi connectivity index (χ4v) is 3.16. The minimum Gasteiger partial charge on any atom is -0.315 e. The predicted molar refractivity (Wildman–Crippen MR) is 78.4 cm³/mol. The van der Waals surface area contributed by atoms with E-state index in [-0.39, 0.29) is 18.7 Å². The molecule has 7 heteroatoms. The van der Waals surface area contributed by atoms with Crippen LogP contribution in [0.5, 0.6) is 0 Å². The highest BCUT2D eigenvalue weighted by Crippen LogP contribution is 2.23. The summed E-state index contributed by atoms with van der Waals surface area (Å²) in [6.45, 7) is 3.72. The number of allylic oxidation sites excluding steroid dienone is 1. The summed E-state index contributed by atoms with van der Waals surface area (Å²) >= 11 is 0. The summed E-state index contributed by atoms with van der Waals surface area (Å²) in [6, 6.07) is 1.93. The Morgan fingerprint density at radius 3 is 2.62 bits per heavy atom. The second-order valence-electron chi connectivity index (χ2n) is 4.63. The van der Waals surface area contributed by atoms with Gasteiger partial charge >= 0.3 is 0 Å². The molecular weight excluding hydrogens is 298 g/mol. The molecule has 0 atom stereocenters. The van der Waals surface area contributed by atoms with Crippen molar-refractivity contribution in [1.29, 1.82) is 0 Å². The molecule has 1 N–H and O–H groups in total. The third kappa shape index (κ3) is 4.09. The zero-order chi connectivity index (χ0) is 16.0. The zero-order valence-corrected chi connectivity index (χ0v) is 13.0. The molecule has 4 nitrogen and oxygen atoms in total. The maximum Gasteiger partial charge on any atom is 0.245 e. The molecule has 1 aromatic carbocycles. The first-order chi connectivity index (χ1) is 9.86. The number of hydrogen-bond donors (Lipinski definition) is 1. The Hall–Kier alpha value is -1.31.